The maximum atomic E-state index is 14.4. The molecule has 1 aromatic carbocycles. The van der Waals surface area contributed by atoms with Gasteiger partial charge in [-0.3, -0.25) is 14.6 Å². The Hall–Kier alpha value is -3.26. The van der Waals surface area contributed by atoms with Gasteiger partial charge in [-0.25, -0.2) is 4.39 Å². The second kappa shape index (κ2) is 11.8. The number of piperidine rings is 1. The van der Waals surface area contributed by atoms with E-state index in [-0.39, 0.29) is 11.9 Å². The number of aromatic nitrogens is 2. The van der Waals surface area contributed by atoms with Gasteiger partial charge < -0.3 is 19.3 Å². The van der Waals surface area contributed by atoms with Gasteiger partial charge in [-0.2, -0.15) is 0 Å². The first-order valence-electron chi connectivity index (χ1n) is 15.7. The van der Waals surface area contributed by atoms with Crippen molar-refractivity contribution in [3.63, 3.8) is 0 Å². The molecule has 3 aromatic rings. The molecule has 3 aliphatic rings. The number of amides is 2. The molecule has 2 aromatic heterocycles. The van der Waals surface area contributed by atoms with E-state index in [1.165, 1.54) is 23.1 Å². The summed E-state index contributed by atoms with van der Waals surface area (Å²) in [7, 11) is 1.76. The van der Waals surface area contributed by atoms with Gasteiger partial charge in [0.1, 0.15) is 5.82 Å². The fourth-order valence-electron chi connectivity index (χ4n) is 6.96. The zero-order valence-corrected chi connectivity index (χ0v) is 25.5. The molecule has 1 aliphatic carbocycles. The third kappa shape index (κ3) is 5.83. The molecule has 3 fully saturated rings. The van der Waals surface area contributed by atoms with Crippen molar-refractivity contribution in [2.45, 2.75) is 65.3 Å². The van der Waals surface area contributed by atoms with E-state index in [1.807, 2.05) is 30.8 Å². The molecule has 6 rings (SSSR count). The number of carbonyl (C=O) groups is 2. The number of aryl methyl sites for hydroxylation is 1. The molecule has 2 saturated heterocycles. The van der Waals surface area contributed by atoms with Crippen molar-refractivity contribution in [1.29, 1.82) is 0 Å². The standard InChI is InChI=1S/C34H44FN5O2/c1-22(2)37(4)34(42)29-16-28(35)7-8-30(29)40-21-27(32-23(3)17-36-18-31(32)40)15-25-9-12-38(20-25)19-24-10-13-39(14-11-24)33(41)26-5-6-26/h7-8,16-18,21-22,24-26H,5-6,9-15,19-20H2,1-4H3/t25-/m1/s1. The van der Waals surface area contributed by atoms with Gasteiger partial charge in [0.15, 0.2) is 0 Å². The number of benzene rings is 1. The van der Waals surface area contributed by atoms with Crippen LogP contribution in [0.4, 0.5) is 4.39 Å². The summed E-state index contributed by atoms with van der Waals surface area (Å²) in [5, 5.41) is 1.18. The average Bonchev–Trinajstić information content (AvgIpc) is 3.64. The lowest BCUT2D eigenvalue weighted by Gasteiger charge is -2.34. The number of fused-ring (bicyclic) bond motifs is 1. The van der Waals surface area contributed by atoms with Gasteiger partial charge in [-0.15, -0.1) is 0 Å². The topological polar surface area (TPSA) is 61.7 Å². The van der Waals surface area contributed by atoms with Crippen LogP contribution in [0.15, 0.2) is 36.8 Å². The van der Waals surface area contributed by atoms with Crippen LogP contribution in [0.1, 0.15) is 67.4 Å². The van der Waals surface area contributed by atoms with Gasteiger partial charge in [-0.05, 0) is 107 Å². The van der Waals surface area contributed by atoms with Crippen molar-refractivity contribution < 1.29 is 14.0 Å². The quantitative estimate of drug-likeness (QED) is 0.359. The number of nitrogens with zero attached hydrogens (tertiary/aromatic N) is 5. The van der Waals surface area contributed by atoms with Crippen molar-refractivity contribution >= 4 is 22.7 Å². The zero-order valence-electron chi connectivity index (χ0n) is 25.5. The summed E-state index contributed by atoms with van der Waals surface area (Å²) in [6.45, 7) is 11.2. The molecule has 0 spiro atoms. The van der Waals surface area contributed by atoms with Crippen molar-refractivity contribution in [2.75, 3.05) is 39.8 Å². The van der Waals surface area contributed by atoms with Crippen molar-refractivity contribution in [1.82, 2.24) is 24.3 Å². The lowest BCUT2D eigenvalue weighted by molar-refractivity contribution is -0.134. The number of halogens is 1. The molecule has 7 nitrogen and oxygen atoms in total. The third-order valence-corrected chi connectivity index (χ3v) is 9.77. The fraction of sp³-hybridized carbons (Fsp3) is 0.559. The van der Waals surface area contributed by atoms with Gasteiger partial charge in [0.05, 0.1) is 23.0 Å². The smallest absolute Gasteiger partial charge is 0.256 e. The van der Waals surface area contributed by atoms with E-state index in [2.05, 4.69) is 27.9 Å². The SMILES string of the molecule is Cc1cncc2c1c(C[C@H]1CCN(CC3CCN(C(=O)C4CC4)CC3)C1)cn2-c1ccc(F)cc1C(=O)N(C)C(C)C. The zero-order chi connectivity index (χ0) is 29.5. The number of rotatable bonds is 8. The van der Waals surface area contributed by atoms with Crippen LogP contribution < -0.4 is 0 Å². The Morgan fingerprint density at radius 1 is 1.05 bits per heavy atom. The highest BCUT2D eigenvalue weighted by molar-refractivity contribution is 5.99. The molecule has 0 bridgehead atoms. The largest absolute Gasteiger partial charge is 0.342 e. The summed E-state index contributed by atoms with van der Waals surface area (Å²) in [6.07, 6.45) is 12.4. The fourth-order valence-corrected chi connectivity index (χ4v) is 6.96. The summed E-state index contributed by atoms with van der Waals surface area (Å²) < 4.78 is 16.5. The maximum absolute atomic E-state index is 14.4. The van der Waals surface area contributed by atoms with Gasteiger partial charge in [0.25, 0.3) is 5.91 Å². The summed E-state index contributed by atoms with van der Waals surface area (Å²) in [4.78, 5) is 36.7. The first kappa shape index (κ1) is 28.8. The van der Waals surface area contributed by atoms with Crippen molar-refractivity contribution in [2.24, 2.45) is 17.8 Å². The first-order valence-corrected chi connectivity index (χ1v) is 15.7. The lowest BCUT2D eigenvalue weighted by Crippen LogP contribution is -2.42. The van der Waals surface area contributed by atoms with E-state index >= 15 is 0 Å². The number of likely N-dealkylation sites (tertiary alicyclic amines) is 2. The summed E-state index contributed by atoms with van der Waals surface area (Å²) in [5.41, 5.74) is 4.34. The van der Waals surface area contributed by atoms with Crippen LogP contribution in [0.25, 0.3) is 16.6 Å². The Balaban J connectivity index is 1.18. The highest BCUT2D eigenvalue weighted by atomic mass is 19.1. The van der Waals surface area contributed by atoms with Gasteiger partial charge in [0, 0.05) is 63.0 Å². The van der Waals surface area contributed by atoms with E-state index in [0.717, 1.165) is 82.3 Å². The van der Waals surface area contributed by atoms with Crippen molar-refractivity contribution in [3.8, 4) is 5.69 Å². The second-order valence-electron chi connectivity index (χ2n) is 13.2. The molecule has 0 N–H and O–H groups in total. The molecule has 2 aliphatic heterocycles. The molecule has 1 atom stereocenters. The number of hydrogen-bond donors (Lipinski definition) is 0. The molecule has 0 radical (unpaired) electrons. The van der Waals surface area contributed by atoms with E-state index in [4.69, 9.17) is 0 Å². The number of carbonyl (C=O) groups excluding carboxylic acids is 2. The van der Waals surface area contributed by atoms with Crippen LogP contribution in [-0.2, 0) is 11.2 Å². The molecule has 42 heavy (non-hydrogen) atoms. The van der Waals surface area contributed by atoms with Crippen LogP contribution in [0.2, 0.25) is 0 Å². The molecular formula is C34H44FN5O2. The van der Waals surface area contributed by atoms with Crippen LogP contribution in [0, 0.1) is 30.5 Å². The van der Waals surface area contributed by atoms with E-state index in [0.29, 0.717) is 34.9 Å². The monoisotopic (exact) mass is 573 g/mol. The molecule has 224 valence electrons. The minimum Gasteiger partial charge on any atom is -0.342 e. The maximum Gasteiger partial charge on any atom is 0.256 e. The highest BCUT2D eigenvalue weighted by Crippen LogP contribution is 2.34. The van der Waals surface area contributed by atoms with Crippen LogP contribution in [-0.4, -0.2) is 81.9 Å². The molecule has 2 amide bonds. The predicted octanol–water partition coefficient (Wildman–Crippen LogP) is 5.47. The molecular weight excluding hydrogens is 529 g/mol. The predicted molar refractivity (Wildman–Crippen MR) is 163 cm³/mol. The average molecular weight is 574 g/mol. The van der Waals surface area contributed by atoms with Crippen LogP contribution >= 0.6 is 0 Å². The Bertz CT molecular complexity index is 1470. The molecule has 8 heteroatoms. The lowest BCUT2D eigenvalue weighted by atomic mass is 9.95. The van der Waals surface area contributed by atoms with E-state index in [1.54, 1.807) is 18.0 Å². The Kier molecular flexibility index (Phi) is 8.09. The molecule has 0 unspecified atom stereocenters. The van der Waals surface area contributed by atoms with Gasteiger partial charge in [-0.1, -0.05) is 0 Å². The third-order valence-electron chi connectivity index (χ3n) is 9.77. The summed E-state index contributed by atoms with van der Waals surface area (Å²) in [6, 6.07) is 4.49. The normalized spacial score (nSPS) is 20.1. The van der Waals surface area contributed by atoms with E-state index < -0.39 is 5.82 Å². The summed E-state index contributed by atoms with van der Waals surface area (Å²) >= 11 is 0. The van der Waals surface area contributed by atoms with Gasteiger partial charge in [0.2, 0.25) is 5.91 Å². The second-order valence-corrected chi connectivity index (χ2v) is 13.2. The molecule has 4 heterocycles. The van der Waals surface area contributed by atoms with Crippen LogP contribution in [0.3, 0.4) is 0 Å². The number of pyridine rings is 1. The summed E-state index contributed by atoms with van der Waals surface area (Å²) in [5.74, 6) is 1.32. The van der Waals surface area contributed by atoms with E-state index in [9.17, 15) is 14.0 Å². The minimum atomic E-state index is -0.420. The van der Waals surface area contributed by atoms with Crippen molar-refractivity contribution in [3.05, 3.63) is 59.3 Å². The van der Waals surface area contributed by atoms with Gasteiger partial charge >= 0.3 is 0 Å². The Labute approximate surface area is 248 Å². The first-order chi connectivity index (χ1) is 20.2. The molecule has 1 saturated carbocycles. The highest BCUT2D eigenvalue weighted by Gasteiger charge is 2.35. The minimum absolute atomic E-state index is 0.00224. The number of hydrogen-bond acceptors (Lipinski definition) is 4. The Morgan fingerprint density at radius 2 is 1.79 bits per heavy atom. The van der Waals surface area contributed by atoms with Crippen LogP contribution in [0.5, 0.6) is 0 Å². The Morgan fingerprint density at radius 3 is 2.50 bits per heavy atom.